The summed E-state index contributed by atoms with van der Waals surface area (Å²) in [6, 6.07) is 19.3. The Hall–Kier alpha value is -3.27. The van der Waals surface area contributed by atoms with E-state index in [4.69, 9.17) is 0 Å². The molecule has 0 radical (unpaired) electrons. The molecule has 2 fully saturated rings. The molecule has 0 spiro atoms. The summed E-state index contributed by atoms with van der Waals surface area (Å²) < 4.78 is 14.6. The van der Waals surface area contributed by atoms with Crippen molar-refractivity contribution in [3.05, 3.63) is 82.7 Å². The third kappa shape index (κ3) is 4.11. The summed E-state index contributed by atoms with van der Waals surface area (Å²) in [6.45, 7) is 2.59. The second-order valence-corrected chi connectivity index (χ2v) is 10.9. The Morgan fingerprint density at radius 2 is 1.73 bits per heavy atom. The quantitative estimate of drug-likeness (QED) is 0.532. The van der Waals surface area contributed by atoms with Crippen LogP contribution in [0.4, 0.5) is 4.39 Å². The third-order valence-electron chi connectivity index (χ3n) is 8.86. The lowest BCUT2D eigenvalue weighted by molar-refractivity contribution is 0.0192. The first kappa shape index (κ1) is 24.1. The predicted molar refractivity (Wildman–Crippen MR) is 140 cm³/mol. The van der Waals surface area contributed by atoms with Gasteiger partial charge < -0.3 is 10.0 Å². The Morgan fingerprint density at radius 1 is 1.03 bits per heavy atom. The zero-order valence-electron chi connectivity index (χ0n) is 21.0. The summed E-state index contributed by atoms with van der Waals surface area (Å²) in [5.41, 5.74) is 2.60. The second kappa shape index (κ2) is 9.55. The highest BCUT2D eigenvalue weighted by Gasteiger charge is 2.40. The number of fused-ring (bicyclic) bond motifs is 3. The largest absolute Gasteiger partial charge is 0.391 e. The molecular weight excluding hydrogens is 465 g/mol. The van der Waals surface area contributed by atoms with Crippen LogP contribution >= 0.6 is 0 Å². The van der Waals surface area contributed by atoms with Gasteiger partial charge in [-0.05, 0) is 59.7 Å². The second-order valence-electron chi connectivity index (χ2n) is 10.9. The molecule has 2 aliphatic heterocycles. The Labute approximate surface area is 217 Å². The van der Waals surface area contributed by atoms with Gasteiger partial charge in [0.2, 0.25) is 0 Å². The summed E-state index contributed by atoms with van der Waals surface area (Å²) in [4.78, 5) is 17.8. The van der Waals surface area contributed by atoms with Crippen LogP contribution in [0.1, 0.15) is 65.6 Å². The molecule has 190 valence electrons. The fraction of sp³-hybridized carbons (Fsp3) is 0.419. The van der Waals surface area contributed by atoms with Gasteiger partial charge in [0.25, 0.3) is 5.91 Å². The third-order valence-corrected chi connectivity index (χ3v) is 8.86. The Morgan fingerprint density at radius 3 is 2.46 bits per heavy atom. The maximum atomic E-state index is 14.6. The lowest BCUT2D eigenvalue weighted by Crippen LogP contribution is -2.45. The first-order chi connectivity index (χ1) is 18.0. The molecule has 1 aliphatic carbocycles. The van der Waals surface area contributed by atoms with E-state index in [9.17, 15) is 19.6 Å². The van der Waals surface area contributed by atoms with Crippen LogP contribution in [0.25, 0.3) is 10.8 Å². The first-order valence-corrected chi connectivity index (χ1v) is 13.4. The molecule has 6 heteroatoms. The number of likely N-dealkylation sites (tertiary alicyclic amines) is 1. The van der Waals surface area contributed by atoms with Crippen LogP contribution in [0, 0.1) is 17.1 Å². The normalized spacial score (nSPS) is 23.7. The Bertz CT molecular complexity index is 1390. The lowest BCUT2D eigenvalue weighted by atomic mass is 9.73. The van der Waals surface area contributed by atoms with E-state index < -0.39 is 11.5 Å². The fourth-order valence-electron chi connectivity index (χ4n) is 6.75. The van der Waals surface area contributed by atoms with Crippen LogP contribution in [0.3, 0.4) is 0 Å². The van der Waals surface area contributed by atoms with E-state index in [1.165, 1.54) is 6.07 Å². The average Bonchev–Trinajstić information content (AvgIpc) is 3.26. The fourth-order valence-corrected chi connectivity index (χ4v) is 6.75. The number of hydrogen-bond acceptors (Lipinski definition) is 4. The summed E-state index contributed by atoms with van der Waals surface area (Å²) >= 11 is 0. The van der Waals surface area contributed by atoms with E-state index in [1.807, 2.05) is 17.0 Å². The van der Waals surface area contributed by atoms with E-state index in [2.05, 4.69) is 29.2 Å². The minimum atomic E-state index is -0.806. The van der Waals surface area contributed by atoms with Crippen LogP contribution in [-0.2, 0) is 18.5 Å². The van der Waals surface area contributed by atoms with E-state index in [0.29, 0.717) is 44.6 Å². The van der Waals surface area contributed by atoms with Gasteiger partial charge in [-0.2, -0.15) is 5.26 Å². The Balaban J connectivity index is 1.27. The van der Waals surface area contributed by atoms with Gasteiger partial charge in [0.1, 0.15) is 5.82 Å². The van der Waals surface area contributed by atoms with Gasteiger partial charge in [-0.15, -0.1) is 0 Å². The van der Waals surface area contributed by atoms with E-state index in [0.717, 1.165) is 53.1 Å². The maximum absolute atomic E-state index is 14.6. The van der Waals surface area contributed by atoms with Gasteiger partial charge in [-0.3, -0.25) is 9.69 Å². The molecule has 1 amide bonds. The summed E-state index contributed by atoms with van der Waals surface area (Å²) in [5, 5.41) is 22.9. The van der Waals surface area contributed by atoms with Gasteiger partial charge in [0.15, 0.2) is 0 Å². The summed E-state index contributed by atoms with van der Waals surface area (Å²) in [7, 11) is 0. The standard InChI is InChI=1S/C31H32FN3O2/c32-27-10-4-3-9-26(27)31(20-33)13-15-34(16-14-31)18-21-17-24-25(23-8-2-1-7-22(21)23)19-35(30(24)37)28-11-5-6-12-29(28)36/h1-4,7-10,17,28-29,36H,5-6,11-16,18-19H2/t28-,29+/m1/s1. The number of halogens is 1. The highest BCUT2D eigenvalue weighted by molar-refractivity contribution is 6.05. The van der Waals surface area contributed by atoms with Crippen LogP contribution < -0.4 is 0 Å². The highest BCUT2D eigenvalue weighted by Crippen LogP contribution is 2.39. The van der Waals surface area contributed by atoms with Crippen molar-refractivity contribution in [2.24, 2.45) is 0 Å². The number of carbonyl (C=O) groups excluding carboxylic acids is 1. The number of nitrogens with zero attached hydrogens (tertiary/aromatic N) is 3. The van der Waals surface area contributed by atoms with Gasteiger partial charge in [0.05, 0.1) is 23.6 Å². The first-order valence-electron chi connectivity index (χ1n) is 13.4. The number of carbonyl (C=O) groups is 1. The maximum Gasteiger partial charge on any atom is 0.254 e. The molecule has 3 aromatic rings. The van der Waals surface area contributed by atoms with Crippen molar-refractivity contribution in [3.63, 3.8) is 0 Å². The van der Waals surface area contributed by atoms with Crippen LogP contribution in [0.15, 0.2) is 54.6 Å². The van der Waals surface area contributed by atoms with Crippen LogP contribution in [0.5, 0.6) is 0 Å². The van der Waals surface area contributed by atoms with E-state index in [-0.39, 0.29) is 17.8 Å². The van der Waals surface area contributed by atoms with Gasteiger partial charge >= 0.3 is 0 Å². The molecule has 2 atom stereocenters. The molecule has 1 saturated carbocycles. The zero-order chi connectivity index (χ0) is 25.6. The molecule has 0 bridgehead atoms. The molecular formula is C31H32FN3O2. The van der Waals surface area contributed by atoms with Crippen molar-refractivity contribution in [2.45, 2.75) is 69.2 Å². The number of amides is 1. The van der Waals surface area contributed by atoms with Crippen molar-refractivity contribution in [2.75, 3.05) is 13.1 Å². The molecule has 1 N–H and O–H groups in total. The number of hydrogen-bond donors (Lipinski definition) is 1. The number of benzene rings is 3. The highest BCUT2D eigenvalue weighted by atomic mass is 19.1. The monoisotopic (exact) mass is 497 g/mol. The molecule has 0 aromatic heterocycles. The molecule has 3 aromatic carbocycles. The number of aliphatic hydroxyl groups is 1. The van der Waals surface area contributed by atoms with Crippen LogP contribution in [0.2, 0.25) is 0 Å². The minimum absolute atomic E-state index is 0.0228. The van der Waals surface area contributed by atoms with Gasteiger partial charge in [0, 0.05) is 37.3 Å². The smallest absolute Gasteiger partial charge is 0.254 e. The Kier molecular flexibility index (Phi) is 6.22. The zero-order valence-corrected chi connectivity index (χ0v) is 21.0. The van der Waals surface area contributed by atoms with Crippen molar-refractivity contribution >= 4 is 16.7 Å². The SMILES string of the molecule is N#CC1(c2ccccc2F)CCN(Cc2cc3c(c4ccccc24)CN([C@@H]2CCCC[C@@H]2O)C3=O)CC1. The number of aliphatic hydroxyl groups excluding tert-OH is 1. The molecule has 3 aliphatic rings. The molecule has 1 saturated heterocycles. The molecule has 5 nitrogen and oxygen atoms in total. The summed E-state index contributed by atoms with van der Waals surface area (Å²) in [6.07, 6.45) is 4.34. The van der Waals surface area contributed by atoms with Gasteiger partial charge in [-0.25, -0.2) is 4.39 Å². The topological polar surface area (TPSA) is 67.6 Å². The predicted octanol–water partition coefficient (Wildman–Crippen LogP) is 5.30. The summed E-state index contributed by atoms with van der Waals surface area (Å²) in [5.74, 6) is -0.289. The van der Waals surface area contributed by atoms with Crippen LogP contribution in [-0.4, -0.2) is 46.0 Å². The molecule has 0 unspecified atom stereocenters. The van der Waals surface area contributed by atoms with Crippen molar-refractivity contribution in [1.29, 1.82) is 5.26 Å². The number of rotatable bonds is 4. The van der Waals surface area contributed by atoms with Crippen molar-refractivity contribution in [1.82, 2.24) is 9.80 Å². The number of piperidine rings is 1. The van der Waals surface area contributed by atoms with Gasteiger partial charge in [-0.1, -0.05) is 55.3 Å². The average molecular weight is 498 g/mol. The van der Waals surface area contributed by atoms with E-state index >= 15 is 0 Å². The van der Waals surface area contributed by atoms with Crippen molar-refractivity contribution in [3.8, 4) is 6.07 Å². The van der Waals surface area contributed by atoms with E-state index in [1.54, 1.807) is 18.2 Å². The minimum Gasteiger partial charge on any atom is -0.391 e. The number of nitriles is 1. The molecule has 6 rings (SSSR count). The lowest BCUT2D eigenvalue weighted by Gasteiger charge is -2.38. The van der Waals surface area contributed by atoms with Crippen molar-refractivity contribution < 1.29 is 14.3 Å². The molecule has 37 heavy (non-hydrogen) atoms. The molecule has 2 heterocycles.